The average Bonchev–Trinajstić information content (AvgIpc) is 3.50. The number of rotatable bonds is 5. The smallest absolute Gasteiger partial charge is 0.190 e. The molecule has 0 bridgehead atoms. The molecule has 7 nitrogen and oxygen atoms in total. The zero-order valence-electron chi connectivity index (χ0n) is 17.7. The fourth-order valence-electron chi connectivity index (χ4n) is 4.59. The van der Waals surface area contributed by atoms with Crippen LogP contribution in [-0.2, 0) is 13.6 Å². The van der Waals surface area contributed by atoms with Crippen molar-refractivity contribution >= 4 is 33.6 Å². The Bertz CT molecular complexity index is 1320. The molecular formula is C23H24FN7. The van der Waals surface area contributed by atoms with Gasteiger partial charge in [0.1, 0.15) is 17.0 Å². The lowest BCUT2D eigenvalue weighted by atomic mass is 10.1. The van der Waals surface area contributed by atoms with Crippen LogP contribution in [0.15, 0.2) is 30.6 Å². The van der Waals surface area contributed by atoms with Crippen LogP contribution >= 0.6 is 0 Å². The van der Waals surface area contributed by atoms with Crippen LogP contribution in [0.4, 0.5) is 15.9 Å². The Morgan fingerprint density at radius 2 is 1.97 bits per heavy atom. The molecule has 0 amide bonds. The van der Waals surface area contributed by atoms with Crippen molar-refractivity contribution < 1.29 is 4.39 Å². The Balaban J connectivity index is 1.75. The van der Waals surface area contributed by atoms with Crippen LogP contribution in [0.25, 0.3) is 38.2 Å². The molecule has 5 rings (SSSR count). The minimum Gasteiger partial charge on any atom is -0.371 e. The van der Waals surface area contributed by atoms with E-state index in [0.717, 1.165) is 59.8 Å². The Kier molecular flexibility index (Phi) is 4.83. The topological polar surface area (TPSA) is 55.3 Å². The normalized spacial score (nSPS) is 14.5. The van der Waals surface area contributed by atoms with Gasteiger partial charge in [0.25, 0.3) is 0 Å². The number of hydrogen-bond donors (Lipinski definition) is 1. The van der Waals surface area contributed by atoms with Crippen molar-refractivity contribution in [2.75, 3.05) is 32.0 Å². The molecule has 0 atom stereocenters. The predicted octanol–water partition coefficient (Wildman–Crippen LogP) is 4.42. The summed E-state index contributed by atoms with van der Waals surface area (Å²) < 4.78 is 18.5. The van der Waals surface area contributed by atoms with Gasteiger partial charge in [-0.25, -0.2) is 19.2 Å². The lowest BCUT2D eigenvalue weighted by molar-refractivity contribution is 0.325. The lowest BCUT2D eigenvalue weighted by Gasteiger charge is -2.17. The molecule has 0 radical (unpaired) electrons. The Morgan fingerprint density at radius 3 is 2.71 bits per heavy atom. The fourth-order valence-corrected chi connectivity index (χ4v) is 4.59. The number of hydrogen-bond acceptors (Lipinski definition) is 4. The summed E-state index contributed by atoms with van der Waals surface area (Å²) in [6.45, 7) is 11.2. The first kappa shape index (κ1) is 19.5. The molecule has 1 aromatic carbocycles. The van der Waals surface area contributed by atoms with Crippen LogP contribution in [0.1, 0.15) is 12.8 Å². The summed E-state index contributed by atoms with van der Waals surface area (Å²) in [5, 5.41) is 4.14. The molecule has 0 saturated carbocycles. The molecule has 158 valence electrons. The van der Waals surface area contributed by atoms with E-state index in [0.29, 0.717) is 11.3 Å². The molecule has 4 heterocycles. The minimum absolute atomic E-state index is 0.293. The number of aromatic nitrogens is 4. The molecule has 8 heteroatoms. The molecule has 1 saturated heterocycles. The second-order valence-electron chi connectivity index (χ2n) is 8.04. The maximum absolute atomic E-state index is 14.3. The van der Waals surface area contributed by atoms with E-state index in [1.165, 1.54) is 25.0 Å². The molecule has 3 aromatic heterocycles. The highest BCUT2D eigenvalue weighted by Gasteiger charge is 2.21. The van der Waals surface area contributed by atoms with Crippen LogP contribution in [0, 0.1) is 12.4 Å². The summed E-state index contributed by atoms with van der Waals surface area (Å²) in [6, 6.07) is 6.56. The molecule has 4 aromatic rings. The van der Waals surface area contributed by atoms with Gasteiger partial charge in [-0.2, -0.15) is 0 Å². The van der Waals surface area contributed by atoms with Crippen LogP contribution in [0.5, 0.6) is 0 Å². The molecule has 1 aliphatic rings. The number of benzene rings is 1. The van der Waals surface area contributed by atoms with Crippen molar-refractivity contribution in [3.63, 3.8) is 0 Å². The van der Waals surface area contributed by atoms with Crippen molar-refractivity contribution in [1.29, 1.82) is 0 Å². The number of nitrogens with one attached hydrogen (secondary N) is 1. The van der Waals surface area contributed by atoms with Gasteiger partial charge in [-0.3, -0.25) is 0 Å². The van der Waals surface area contributed by atoms with Gasteiger partial charge < -0.3 is 19.4 Å². The second kappa shape index (κ2) is 7.67. The van der Waals surface area contributed by atoms with Gasteiger partial charge in [0.05, 0.1) is 18.4 Å². The third kappa shape index (κ3) is 3.31. The van der Waals surface area contributed by atoms with E-state index >= 15 is 0 Å². The molecule has 0 spiro atoms. The number of nitrogens with zero attached hydrogens (tertiary/aromatic N) is 6. The summed E-state index contributed by atoms with van der Waals surface area (Å²) >= 11 is 0. The number of fused-ring (bicyclic) bond motifs is 3. The van der Waals surface area contributed by atoms with E-state index in [9.17, 15) is 4.39 Å². The summed E-state index contributed by atoms with van der Waals surface area (Å²) in [5.74, 6) is 0.311. The van der Waals surface area contributed by atoms with E-state index < -0.39 is 5.82 Å². The van der Waals surface area contributed by atoms with Gasteiger partial charge in [0.2, 0.25) is 0 Å². The highest BCUT2D eigenvalue weighted by molar-refractivity contribution is 6.07. The SMILES string of the molecule is [C-]#[N+]c1cc(F)cc(-c2cc3c4c(ncn4C)c(NC)nc3n2CCN2CCCC2)c1. The van der Waals surface area contributed by atoms with E-state index in [1.54, 1.807) is 12.4 Å². The highest BCUT2D eigenvalue weighted by Crippen LogP contribution is 2.35. The third-order valence-corrected chi connectivity index (χ3v) is 6.09. The van der Waals surface area contributed by atoms with Crippen LogP contribution in [-0.4, -0.2) is 50.7 Å². The second-order valence-corrected chi connectivity index (χ2v) is 8.04. The van der Waals surface area contributed by atoms with Gasteiger partial charge in [-0.1, -0.05) is 0 Å². The first-order chi connectivity index (χ1) is 15.1. The van der Waals surface area contributed by atoms with Crippen LogP contribution in [0.2, 0.25) is 0 Å². The van der Waals surface area contributed by atoms with E-state index in [1.807, 2.05) is 18.7 Å². The molecule has 1 aliphatic heterocycles. The number of imidazole rings is 1. The first-order valence-corrected chi connectivity index (χ1v) is 10.5. The number of likely N-dealkylation sites (tertiary alicyclic amines) is 1. The monoisotopic (exact) mass is 417 g/mol. The Labute approximate surface area is 179 Å². The van der Waals surface area contributed by atoms with Gasteiger partial charge in [-0.05, 0) is 55.8 Å². The third-order valence-electron chi connectivity index (χ3n) is 6.09. The van der Waals surface area contributed by atoms with Crippen molar-refractivity contribution in [1.82, 2.24) is 24.0 Å². The summed E-state index contributed by atoms with van der Waals surface area (Å²) in [6.07, 6.45) is 4.25. The van der Waals surface area contributed by atoms with Crippen LogP contribution < -0.4 is 5.32 Å². The molecule has 0 aliphatic carbocycles. The Hall–Kier alpha value is -3.44. The standard InChI is InChI=1S/C23H24FN7/c1-25-17-11-15(10-16(24)12-17)19-13-18-21-20(27-14-29(21)3)22(26-2)28-23(18)31(19)9-8-30-6-4-5-7-30/h10-14H,4-9H2,2-3H3,(H,26,28). The van der Waals surface area contributed by atoms with Crippen molar-refractivity contribution in [2.24, 2.45) is 7.05 Å². The highest BCUT2D eigenvalue weighted by atomic mass is 19.1. The van der Waals surface area contributed by atoms with E-state index in [2.05, 4.69) is 30.7 Å². The van der Waals surface area contributed by atoms with Crippen molar-refractivity contribution in [2.45, 2.75) is 19.4 Å². The van der Waals surface area contributed by atoms with E-state index in [4.69, 9.17) is 11.6 Å². The maximum Gasteiger partial charge on any atom is 0.190 e. The largest absolute Gasteiger partial charge is 0.371 e. The van der Waals surface area contributed by atoms with Gasteiger partial charge >= 0.3 is 0 Å². The summed E-state index contributed by atoms with van der Waals surface area (Å²) in [5.41, 5.74) is 4.47. The summed E-state index contributed by atoms with van der Waals surface area (Å²) in [4.78, 5) is 15.3. The molecule has 1 fully saturated rings. The summed E-state index contributed by atoms with van der Waals surface area (Å²) in [7, 11) is 3.81. The number of pyridine rings is 1. The van der Waals surface area contributed by atoms with Crippen molar-refractivity contribution in [3.8, 4) is 11.3 Å². The number of halogens is 1. The fraction of sp³-hybridized carbons (Fsp3) is 0.348. The lowest BCUT2D eigenvalue weighted by Crippen LogP contribution is -2.24. The van der Waals surface area contributed by atoms with Crippen molar-refractivity contribution in [3.05, 3.63) is 47.8 Å². The maximum atomic E-state index is 14.3. The van der Waals surface area contributed by atoms with Gasteiger partial charge in [0, 0.05) is 38.3 Å². The Morgan fingerprint density at radius 1 is 1.16 bits per heavy atom. The zero-order valence-corrected chi connectivity index (χ0v) is 17.7. The number of anilines is 1. The average molecular weight is 417 g/mol. The van der Waals surface area contributed by atoms with Crippen LogP contribution in [0.3, 0.4) is 0 Å². The molecule has 0 unspecified atom stereocenters. The number of aryl methyl sites for hydroxylation is 1. The quantitative estimate of drug-likeness (QED) is 0.489. The first-order valence-electron chi connectivity index (χ1n) is 10.5. The molecule has 1 N–H and O–H groups in total. The minimum atomic E-state index is -0.408. The molecule has 31 heavy (non-hydrogen) atoms. The predicted molar refractivity (Wildman–Crippen MR) is 121 cm³/mol. The van der Waals surface area contributed by atoms with Gasteiger partial charge in [0.15, 0.2) is 11.5 Å². The molecular weight excluding hydrogens is 393 g/mol. The van der Waals surface area contributed by atoms with E-state index in [-0.39, 0.29) is 0 Å². The van der Waals surface area contributed by atoms with Gasteiger partial charge in [-0.15, -0.1) is 0 Å². The zero-order chi connectivity index (χ0) is 21.5.